The van der Waals surface area contributed by atoms with Crippen LogP contribution in [0.4, 0.5) is 0 Å². The van der Waals surface area contributed by atoms with Crippen LogP contribution >= 0.6 is 11.6 Å². The number of benzene rings is 1. The Balaban J connectivity index is 1.50. The molecule has 0 saturated heterocycles. The third kappa shape index (κ3) is 3.79. The van der Waals surface area contributed by atoms with Crippen LogP contribution < -0.4 is 10.3 Å². The number of hydrogen-bond donors (Lipinski definition) is 1. The van der Waals surface area contributed by atoms with Crippen LogP contribution in [0.3, 0.4) is 0 Å². The summed E-state index contributed by atoms with van der Waals surface area (Å²) in [5.74, 6) is -0.613. The fraction of sp³-hybridized carbons (Fsp3) is 0.158. The highest BCUT2D eigenvalue weighted by Gasteiger charge is 2.31. The Kier molecular flexibility index (Phi) is 5.04. The summed E-state index contributed by atoms with van der Waals surface area (Å²) < 4.78 is 33.1. The summed E-state index contributed by atoms with van der Waals surface area (Å²) in [7, 11) is -3.70. The highest BCUT2D eigenvalue weighted by molar-refractivity contribution is 7.90. The molecule has 0 bridgehead atoms. The minimum absolute atomic E-state index is 0.0778. The van der Waals surface area contributed by atoms with Gasteiger partial charge in [0.25, 0.3) is 15.6 Å². The summed E-state index contributed by atoms with van der Waals surface area (Å²) in [5, 5.41) is 0.391. The summed E-state index contributed by atoms with van der Waals surface area (Å²) in [5.41, 5.74) is 0.657. The molecule has 11 heteroatoms. The number of fused-ring (bicyclic) bond motifs is 2. The summed E-state index contributed by atoms with van der Waals surface area (Å²) in [4.78, 5) is 33.0. The second-order valence-corrected chi connectivity index (χ2v) is 8.61. The SMILES string of the molecule is CC(N=C1NS(=O)(=O)c2ccccc21)C(=O)OCc1cc(=O)n2cc(Cl)ccc2n1. The molecule has 2 aromatic heterocycles. The Labute approximate surface area is 176 Å². The number of nitrogens with one attached hydrogen (secondary N) is 1. The van der Waals surface area contributed by atoms with Gasteiger partial charge in [-0.15, -0.1) is 0 Å². The molecule has 9 nitrogen and oxygen atoms in total. The molecule has 0 radical (unpaired) electrons. The molecule has 1 N–H and O–H groups in total. The summed E-state index contributed by atoms with van der Waals surface area (Å²) >= 11 is 5.88. The topological polar surface area (TPSA) is 119 Å². The lowest BCUT2D eigenvalue weighted by Crippen LogP contribution is -2.27. The first-order valence-corrected chi connectivity index (χ1v) is 10.7. The molecule has 0 amide bonds. The zero-order valence-corrected chi connectivity index (χ0v) is 17.1. The monoisotopic (exact) mass is 446 g/mol. The molecule has 3 aromatic rings. The van der Waals surface area contributed by atoms with E-state index in [4.69, 9.17) is 16.3 Å². The molecule has 154 valence electrons. The molecule has 0 spiro atoms. The van der Waals surface area contributed by atoms with Crippen LogP contribution in [0, 0.1) is 0 Å². The molecule has 1 atom stereocenters. The molecule has 3 heterocycles. The van der Waals surface area contributed by atoms with Crippen LogP contribution in [-0.4, -0.2) is 35.6 Å². The number of nitrogens with zero attached hydrogens (tertiary/aromatic N) is 3. The quantitative estimate of drug-likeness (QED) is 0.607. The number of carbonyl (C=O) groups excluding carboxylic acids is 1. The van der Waals surface area contributed by atoms with Crippen molar-refractivity contribution in [3.8, 4) is 0 Å². The van der Waals surface area contributed by atoms with E-state index in [1.165, 1.54) is 29.7 Å². The first-order valence-electron chi connectivity index (χ1n) is 8.79. The Morgan fingerprint density at radius 1 is 1.30 bits per heavy atom. The van der Waals surface area contributed by atoms with E-state index in [-0.39, 0.29) is 28.6 Å². The number of halogens is 1. The van der Waals surface area contributed by atoms with E-state index in [0.717, 1.165) is 0 Å². The van der Waals surface area contributed by atoms with Gasteiger partial charge in [0.1, 0.15) is 24.1 Å². The van der Waals surface area contributed by atoms with Crippen molar-refractivity contribution < 1.29 is 17.9 Å². The van der Waals surface area contributed by atoms with Gasteiger partial charge in [-0.1, -0.05) is 23.7 Å². The largest absolute Gasteiger partial charge is 0.458 e. The number of rotatable bonds is 4. The fourth-order valence-corrected chi connectivity index (χ4v) is 4.34. The minimum atomic E-state index is -3.70. The van der Waals surface area contributed by atoms with E-state index >= 15 is 0 Å². The highest BCUT2D eigenvalue weighted by atomic mass is 35.5. The fourth-order valence-electron chi connectivity index (χ4n) is 2.94. The van der Waals surface area contributed by atoms with Crippen LogP contribution in [0.15, 0.2) is 63.3 Å². The number of esters is 1. The van der Waals surface area contributed by atoms with Gasteiger partial charge in [0, 0.05) is 17.8 Å². The maximum absolute atomic E-state index is 12.3. The molecule has 30 heavy (non-hydrogen) atoms. The molecule has 1 aromatic carbocycles. The van der Waals surface area contributed by atoms with Crippen LogP contribution in [0.2, 0.25) is 5.02 Å². The van der Waals surface area contributed by atoms with Crippen molar-refractivity contribution in [2.75, 3.05) is 0 Å². The van der Waals surface area contributed by atoms with Gasteiger partial charge in [0.15, 0.2) is 0 Å². The summed E-state index contributed by atoms with van der Waals surface area (Å²) in [6.07, 6.45) is 1.45. The molecular formula is C19H15ClN4O5S. The molecule has 1 aliphatic heterocycles. The standard InChI is InChI=1S/C19H15ClN4O5S/c1-11(21-18-14-4-2-3-5-15(14)30(27,28)23-18)19(26)29-10-13-8-17(25)24-9-12(20)6-7-16(24)22-13/h2-9,11H,10H2,1H3,(H,21,23). The van der Waals surface area contributed by atoms with Crippen LogP contribution in [0.5, 0.6) is 0 Å². The Bertz CT molecular complexity index is 1370. The predicted octanol–water partition coefficient (Wildman–Crippen LogP) is 1.52. The summed E-state index contributed by atoms with van der Waals surface area (Å²) in [6.45, 7) is 1.25. The molecule has 0 aliphatic carbocycles. The zero-order valence-electron chi connectivity index (χ0n) is 15.6. The van der Waals surface area contributed by atoms with Crippen molar-refractivity contribution in [2.45, 2.75) is 24.5 Å². The van der Waals surface area contributed by atoms with Gasteiger partial charge < -0.3 is 4.74 Å². The Morgan fingerprint density at radius 3 is 2.87 bits per heavy atom. The highest BCUT2D eigenvalue weighted by Crippen LogP contribution is 2.22. The first kappa shape index (κ1) is 20.0. The maximum Gasteiger partial charge on any atom is 0.331 e. The molecule has 4 rings (SSSR count). The molecule has 1 aliphatic rings. The van der Waals surface area contributed by atoms with Crippen molar-refractivity contribution >= 4 is 39.1 Å². The average Bonchev–Trinajstić information content (AvgIpc) is 2.97. The number of sulfonamides is 1. The Morgan fingerprint density at radius 2 is 2.07 bits per heavy atom. The van der Waals surface area contributed by atoms with Crippen LogP contribution in [-0.2, 0) is 26.2 Å². The number of hydrogen-bond acceptors (Lipinski definition) is 7. The zero-order chi connectivity index (χ0) is 21.5. The van der Waals surface area contributed by atoms with E-state index < -0.39 is 22.0 Å². The summed E-state index contributed by atoms with van der Waals surface area (Å²) in [6, 6.07) is 9.78. The molecule has 1 unspecified atom stereocenters. The van der Waals surface area contributed by atoms with Crippen molar-refractivity contribution in [2.24, 2.45) is 4.99 Å². The maximum atomic E-state index is 12.3. The van der Waals surface area contributed by atoms with Gasteiger partial charge in [0.2, 0.25) is 0 Å². The van der Waals surface area contributed by atoms with Gasteiger partial charge >= 0.3 is 5.97 Å². The van der Waals surface area contributed by atoms with E-state index in [0.29, 0.717) is 16.2 Å². The van der Waals surface area contributed by atoms with E-state index in [1.54, 1.807) is 30.3 Å². The molecule has 0 saturated carbocycles. The number of carbonyl (C=O) groups is 1. The third-order valence-electron chi connectivity index (χ3n) is 4.37. The number of pyridine rings is 1. The number of amidine groups is 1. The number of aliphatic imine (C=N–C) groups is 1. The van der Waals surface area contributed by atoms with Gasteiger partial charge in [-0.05, 0) is 31.2 Å². The lowest BCUT2D eigenvalue weighted by atomic mass is 10.2. The second-order valence-electron chi connectivity index (χ2n) is 6.52. The Hall–Kier alpha value is -3.24. The first-order chi connectivity index (χ1) is 14.2. The van der Waals surface area contributed by atoms with Gasteiger partial charge in [-0.2, -0.15) is 0 Å². The van der Waals surface area contributed by atoms with Crippen LogP contribution in [0.25, 0.3) is 5.65 Å². The predicted molar refractivity (Wildman–Crippen MR) is 109 cm³/mol. The van der Waals surface area contributed by atoms with Crippen molar-refractivity contribution in [3.63, 3.8) is 0 Å². The second kappa shape index (κ2) is 7.54. The molecule has 0 fully saturated rings. The van der Waals surface area contributed by atoms with Crippen molar-refractivity contribution in [1.82, 2.24) is 14.1 Å². The van der Waals surface area contributed by atoms with Gasteiger partial charge in [-0.25, -0.2) is 18.2 Å². The number of aromatic nitrogens is 2. The molecular weight excluding hydrogens is 432 g/mol. The normalized spacial score (nSPS) is 16.8. The smallest absolute Gasteiger partial charge is 0.331 e. The minimum Gasteiger partial charge on any atom is -0.458 e. The van der Waals surface area contributed by atoms with Gasteiger partial charge in [-0.3, -0.25) is 18.9 Å². The number of ether oxygens (including phenoxy) is 1. The van der Waals surface area contributed by atoms with E-state index in [1.807, 2.05) is 0 Å². The lowest BCUT2D eigenvalue weighted by Gasteiger charge is -2.09. The third-order valence-corrected chi connectivity index (χ3v) is 5.99. The van der Waals surface area contributed by atoms with Gasteiger partial charge in [0.05, 0.1) is 15.6 Å². The van der Waals surface area contributed by atoms with E-state index in [9.17, 15) is 18.0 Å². The van der Waals surface area contributed by atoms with Crippen LogP contribution in [0.1, 0.15) is 18.2 Å². The van der Waals surface area contributed by atoms with Crippen molar-refractivity contribution in [1.29, 1.82) is 0 Å². The average molecular weight is 447 g/mol. The van der Waals surface area contributed by atoms with Crippen molar-refractivity contribution in [3.05, 3.63) is 75.3 Å². The lowest BCUT2D eigenvalue weighted by molar-refractivity contribution is -0.146. The van der Waals surface area contributed by atoms with E-state index in [2.05, 4.69) is 14.7 Å².